The molecule has 4 nitrogen and oxygen atoms in total. The summed E-state index contributed by atoms with van der Waals surface area (Å²) >= 11 is 6.33. The Morgan fingerprint density at radius 1 is 1.00 bits per heavy atom. The molecule has 0 radical (unpaired) electrons. The number of anilines is 1. The summed E-state index contributed by atoms with van der Waals surface area (Å²) in [5.41, 5.74) is 4.63. The largest absolute Gasteiger partial charge is 0.366 e. The molecule has 136 valence electrons. The third-order valence-corrected chi connectivity index (χ3v) is 5.13. The van der Waals surface area contributed by atoms with Gasteiger partial charge in [0.2, 0.25) is 0 Å². The minimum Gasteiger partial charge on any atom is -0.366 e. The van der Waals surface area contributed by atoms with Crippen LogP contribution in [0.5, 0.6) is 0 Å². The summed E-state index contributed by atoms with van der Waals surface area (Å²) in [5, 5.41) is 10.7. The number of aryl methyl sites for hydroxylation is 1. The van der Waals surface area contributed by atoms with E-state index >= 15 is 0 Å². The van der Waals surface area contributed by atoms with Crippen LogP contribution in [0.3, 0.4) is 0 Å². The molecule has 0 bridgehead atoms. The molecule has 0 fully saturated rings. The molecule has 4 aromatic rings. The highest BCUT2D eigenvalue weighted by molar-refractivity contribution is 6.34. The normalized spacial score (nSPS) is 11.1. The maximum Gasteiger partial charge on any atom is 0.139 e. The molecule has 2 heterocycles. The summed E-state index contributed by atoms with van der Waals surface area (Å²) in [6.07, 6.45) is 0. The quantitative estimate of drug-likeness (QED) is 0.476. The zero-order chi connectivity index (χ0) is 18.8. The van der Waals surface area contributed by atoms with E-state index in [1.165, 1.54) is 11.1 Å². The Morgan fingerprint density at radius 3 is 2.56 bits per heavy atom. The predicted octanol–water partition coefficient (Wildman–Crippen LogP) is 5.36. The molecule has 1 N–H and O–H groups in total. The molecule has 0 aliphatic rings. The van der Waals surface area contributed by atoms with Gasteiger partial charge in [-0.05, 0) is 30.9 Å². The van der Waals surface area contributed by atoms with Gasteiger partial charge in [0.15, 0.2) is 0 Å². The molecule has 0 unspecified atom stereocenters. The second-order valence-corrected chi connectivity index (χ2v) is 7.02. The molecule has 5 heteroatoms. The zero-order valence-corrected chi connectivity index (χ0v) is 16.2. The molecular formula is C22H21ClN4. The highest BCUT2D eigenvalue weighted by Crippen LogP contribution is 2.25. The molecular weight excluding hydrogens is 356 g/mol. The number of fused-ring (bicyclic) bond motifs is 1. The Kier molecular flexibility index (Phi) is 4.82. The van der Waals surface area contributed by atoms with Crippen LogP contribution in [0.4, 0.5) is 5.82 Å². The first-order valence-corrected chi connectivity index (χ1v) is 9.35. The fraction of sp³-hybridized carbons (Fsp3) is 0.182. The van der Waals surface area contributed by atoms with E-state index in [-0.39, 0.29) is 0 Å². The van der Waals surface area contributed by atoms with Crippen molar-refractivity contribution in [2.75, 3.05) is 5.32 Å². The Bertz CT molecular complexity index is 1090. The third kappa shape index (κ3) is 3.67. The number of rotatable bonds is 5. The van der Waals surface area contributed by atoms with Crippen molar-refractivity contribution in [2.45, 2.75) is 26.9 Å². The van der Waals surface area contributed by atoms with E-state index < -0.39 is 0 Å². The number of hydrogen-bond donors (Lipinski definition) is 1. The monoisotopic (exact) mass is 376 g/mol. The number of nitrogens with zero attached hydrogens (tertiary/aromatic N) is 3. The Balaban J connectivity index is 1.55. The van der Waals surface area contributed by atoms with Gasteiger partial charge < -0.3 is 5.32 Å². The van der Waals surface area contributed by atoms with Crippen LogP contribution < -0.4 is 5.32 Å². The summed E-state index contributed by atoms with van der Waals surface area (Å²) in [7, 11) is 0. The lowest BCUT2D eigenvalue weighted by Gasteiger charge is -2.09. The summed E-state index contributed by atoms with van der Waals surface area (Å²) in [4.78, 5) is 4.48. The number of halogens is 1. The van der Waals surface area contributed by atoms with E-state index in [1.807, 2.05) is 43.3 Å². The van der Waals surface area contributed by atoms with Crippen molar-refractivity contribution in [1.29, 1.82) is 0 Å². The molecule has 0 aliphatic heterocycles. The van der Waals surface area contributed by atoms with E-state index in [1.54, 1.807) is 0 Å². The Morgan fingerprint density at radius 2 is 1.74 bits per heavy atom. The van der Waals surface area contributed by atoms with Crippen LogP contribution in [-0.4, -0.2) is 14.8 Å². The van der Waals surface area contributed by atoms with Crippen molar-refractivity contribution >= 4 is 28.2 Å². The fourth-order valence-electron chi connectivity index (χ4n) is 3.33. The first-order chi connectivity index (χ1) is 13.1. The number of aromatic nitrogens is 3. The lowest BCUT2D eigenvalue weighted by molar-refractivity contribution is 0.658. The summed E-state index contributed by atoms with van der Waals surface area (Å²) in [6, 6.07) is 20.4. The lowest BCUT2D eigenvalue weighted by atomic mass is 10.1. The summed E-state index contributed by atoms with van der Waals surface area (Å²) < 4.78 is 2.06. The van der Waals surface area contributed by atoms with Gasteiger partial charge in [-0.1, -0.05) is 66.2 Å². The number of benzene rings is 2. The molecule has 0 aliphatic carbocycles. The number of pyridine rings is 1. The van der Waals surface area contributed by atoms with Crippen LogP contribution in [0, 0.1) is 13.8 Å². The Hall–Kier alpha value is -2.85. The molecule has 0 spiro atoms. The Labute approximate surface area is 163 Å². The van der Waals surface area contributed by atoms with Crippen molar-refractivity contribution < 1.29 is 0 Å². The summed E-state index contributed by atoms with van der Waals surface area (Å²) in [5.74, 6) is 0.772. The van der Waals surface area contributed by atoms with Gasteiger partial charge in [-0.15, -0.1) is 0 Å². The lowest BCUT2D eigenvalue weighted by Crippen LogP contribution is -2.06. The zero-order valence-electron chi connectivity index (χ0n) is 15.4. The van der Waals surface area contributed by atoms with Crippen LogP contribution in [0.25, 0.3) is 10.8 Å². The topological polar surface area (TPSA) is 42.7 Å². The van der Waals surface area contributed by atoms with E-state index in [0.717, 1.165) is 34.5 Å². The molecule has 0 amide bonds. The molecule has 27 heavy (non-hydrogen) atoms. The first kappa shape index (κ1) is 17.6. The minimum atomic E-state index is 0.517. The van der Waals surface area contributed by atoms with Gasteiger partial charge in [0.25, 0.3) is 0 Å². The van der Waals surface area contributed by atoms with Crippen molar-refractivity contribution in [3.63, 3.8) is 0 Å². The van der Waals surface area contributed by atoms with E-state index in [2.05, 4.69) is 46.2 Å². The van der Waals surface area contributed by atoms with Gasteiger partial charge in [0, 0.05) is 23.2 Å². The molecule has 2 aromatic carbocycles. The smallest absolute Gasteiger partial charge is 0.139 e. The average molecular weight is 377 g/mol. The van der Waals surface area contributed by atoms with Gasteiger partial charge in [-0.3, -0.25) is 4.68 Å². The van der Waals surface area contributed by atoms with Gasteiger partial charge >= 0.3 is 0 Å². The van der Waals surface area contributed by atoms with Gasteiger partial charge in [-0.25, -0.2) is 4.98 Å². The SMILES string of the molecule is Cc1nn(Cc2ccccc2)c(C)c1CNc1cc2ccccc2c(Cl)n1. The molecule has 0 saturated heterocycles. The second kappa shape index (κ2) is 7.41. The molecule has 4 rings (SSSR count). The molecule has 2 aromatic heterocycles. The van der Waals surface area contributed by atoms with Gasteiger partial charge in [0.05, 0.1) is 12.2 Å². The molecule has 0 saturated carbocycles. The second-order valence-electron chi connectivity index (χ2n) is 6.67. The third-order valence-electron chi connectivity index (χ3n) is 4.85. The van der Waals surface area contributed by atoms with Crippen LogP contribution in [-0.2, 0) is 13.1 Å². The average Bonchev–Trinajstić information content (AvgIpc) is 2.94. The molecule has 0 atom stereocenters. The van der Waals surface area contributed by atoms with Gasteiger partial charge in [0.1, 0.15) is 11.0 Å². The fourth-order valence-corrected chi connectivity index (χ4v) is 3.59. The summed E-state index contributed by atoms with van der Waals surface area (Å²) in [6.45, 7) is 5.59. The van der Waals surface area contributed by atoms with Crippen LogP contribution >= 0.6 is 11.6 Å². The van der Waals surface area contributed by atoms with Crippen molar-refractivity contribution in [2.24, 2.45) is 0 Å². The van der Waals surface area contributed by atoms with Crippen molar-refractivity contribution in [3.05, 3.63) is 88.3 Å². The highest BCUT2D eigenvalue weighted by atomic mass is 35.5. The van der Waals surface area contributed by atoms with Crippen LogP contribution in [0.15, 0.2) is 60.7 Å². The van der Waals surface area contributed by atoms with Gasteiger partial charge in [-0.2, -0.15) is 5.10 Å². The number of hydrogen-bond acceptors (Lipinski definition) is 3. The first-order valence-electron chi connectivity index (χ1n) is 8.98. The minimum absolute atomic E-state index is 0.517. The maximum absolute atomic E-state index is 6.33. The predicted molar refractivity (Wildman–Crippen MR) is 111 cm³/mol. The van der Waals surface area contributed by atoms with Crippen molar-refractivity contribution in [3.8, 4) is 0 Å². The van der Waals surface area contributed by atoms with E-state index in [9.17, 15) is 0 Å². The van der Waals surface area contributed by atoms with E-state index in [4.69, 9.17) is 16.7 Å². The maximum atomic E-state index is 6.33. The highest BCUT2D eigenvalue weighted by Gasteiger charge is 2.12. The van der Waals surface area contributed by atoms with Crippen molar-refractivity contribution in [1.82, 2.24) is 14.8 Å². The standard InChI is InChI=1S/C22H21ClN4/c1-15-20(16(2)27(26-15)14-17-8-4-3-5-9-17)13-24-21-12-18-10-6-7-11-19(18)22(23)25-21/h3-12H,13-14H2,1-2H3,(H,24,25). The van der Waals surface area contributed by atoms with Crippen LogP contribution in [0.2, 0.25) is 5.15 Å². The number of nitrogens with one attached hydrogen (secondary N) is 1. The van der Waals surface area contributed by atoms with E-state index in [0.29, 0.717) is 11.7 Å². The van der Waals surface area contributed by atoms with Crippen LogP contribution in [0.1, 0.15) is 22.5 Å².